The molecule has 1 amide bonds. The molecule has 0 spiro atoms. The van der Waals surface area contributed by atoms with E-state index in [1.807, 2.05) is 6.92 Å². The van der Waals surface area contributed by atoms with Gasteiger partial charge in [-0.3, -0.25) is 4.79 Å². The Morgan fingerprint density at radius 1 is 1.36 bits per heavy atom. The first-order valence-electron chi connectivity index (χ1n) is 4.58. The number of methoxy groups -OCH3 is 1. The van der Waals surface area contributed by atoms with Crippen LogP contribution in [0.3, 0.4) is 0 Å². The number of ether oxygens (including phenoxy) is 1. The highest BCUT2D eigenvalue weighted by Gasteiger charge is 2.08. The Bertz CT molecular complexity index is 306. The van der Waals surface area contributed by atoms with E-state index in [9.17, 15) is 4.79 Å². The monoisotopic (exact) mass is 193 g/mol. The molecule has 3 nitrogen and oxygen atoms in total. The van der Waals surface area contributed by atoms with Gasteiger partial charge in [-0.2, -0.15) is 0 Å². The number of carbonyl (C=O) groups excluding carboxylic acids is 1. The lowest BCUT2D eigenvalue weighted by molar-refractivity contribution is 0.0802. The Morgan fingerprint density at radius 3 is 2.36 bits per heavy atom. The van der Waals surface area contributed by atoms with Crippen molar-refractivity contribution in [1.29, 1.82) is 0 Å². The zero-order chi connectivity index (χ0) is 10.6. The molecule has 0 aliphatic heterocycles. The van der Waals surface area contributed by atoms with E-state index in [1.54, 1.807) is 43.3 Å². The van der Waals surface area contributed by atoms with E-state index >= 15 is 0 Å². The number of hydrogen-bond acceptors (Lipinski definition) is 2. The van der Waals surface area contributed by atoms with Crippen LogP contribution >= 0.6 is 0 Å². The summed E-state index contributed by atoms with van der Waals surface area (Å²) >= 11 is 0. The molecule has 0 N–H and O–H groups in total. The molecule has 1 aromatic rings. The molecule has 0 saturated carbocycles. The van der Waals surface area contributed by atoms with Gasteiger partial charge in [-0.05, 0) is 31.2 Å². The summed E-state index contributed by atoms with van der Waals surface area (Å²) in [6.07, 6.45) is 0. The van der Waals surface area contributed by atoms with E-state index in [1.165, 1.54) is 0 Å². The van der Waals surface area contributed by atoms with Crippen molar-refractivity contribution in [2.75, 3.05) is 20.7 Å². The molecule has 0 atom stereocenters. The normalized spacial score (nSPS) is 9.64. The van der Waals surface area contributed by atoms with Gasteiger partial charge in [0.15, 0.2) is 0 Å². The van der Waals surface area contributed by atoms with Crippen molar-refractivity contribution in [2.45, 2.75) is 6.92 Å². The standard InChI is InChI=1S/C11H15NO2/c1-4-12(2)11(13)9-5-7-10(14-3)8-6-9/h5-8H,4H2,1-3H3. The first kappa shape index (κ1) is 10.6. The number of rotatable bonds is 3. The third-order valence-electron chi connectivity index (χ3n) is 2.16. The summed E-state index contributed by atoms with van der Waals surface area (Å²) in [6, 6.07) is 7.12. The Balaban J connectivity index is 2.81. The van der Waals surface area contributed by atoms with E-state index < -0.39 is 0 Å². The van der Waals surface area contributed by atoms with Crippen molar-refractivity contribution in [3.05, 3.63) is 29.8 Å². The van der Waals surface area contributed by atoms with Crippen LogP contribution in [0.15, 0.2) is 24.3 Å². The summed E-state index contributed by atoms with van der Waals surface area (Å²) in [5.41, 5.74) is 0.690. The van der Waals surface area contributed by atoms with Crippen LogP contribution in [0.25, 0.3) is 0 Å². The van der Waals surface area contributed by atoms with E-state index in [0.29, 0.717) is 12.1 Å². The smallest absolute Gasteiger partial charge is 0.253 e. The van der Waals surface area contributed by atoms with Gasteiger partial charge in [0.05, 0.1) is 7.11 Å². The lowest BCUT2D eigenvalue weighted by atomic mass is 10.2. The van der Waals surface area contributed by atoms with Crippen molar-refractivity contribution in [3.63, 3.8) is 0 Å². The van der Waals surface area contributed by atoms with Crippen LogP contribution in [0.4, 0.5) is 0 Å². The Morgan fingerprint density at radius 2 is 1.93 bits per heavy atom. The van der Waals surface area contributed by atoms with Crippen molar-refractivity contribution in [3.8, 4) is 5.75 Å². The van der Waals surface area contributed by atoms with Crippen molar-refractivity contribution in [1.82, 2.24) is 4.90 Å². The minimum Gasteiger partial charge on any atom is -0.497 e. The van der Waals surface area contributed by atoms with Gasteiger partial charge < -0.3 is 9.64 Å². The zero-order valence-corrected chi connectivity index (χ0v) is 8.78. The van der Waals surface area contributed by atoms with Crippen LogP contribution in [0, 0.1) is 0 Å². The molecular formula is C11H15NO2. The molecule has 3 heteroatoms. The lowest BCUT2D eigenvalue weighted by Crippen LogP contribution is -2.26. The second-order valence-electron chi connectivity index (χ2n) is 3.05. The molecule has 0 unspecified atom stereocenters. The van der Waals surface area contributed by atoms with Gasteiger partial charge in [-0.1, -0.05) is 0 Å². The van der Waals surface area contributed by atoms with Crippen LogP contribution < -0.4 is 4.74 Å². The van der Waals surface area contributed by atoms with Crippen molar-refractivity contribution >= 4 is 5.91 Å². The predicted octanol–water partition coefficient (Wildman–Crippen LogP) is 1.79. The number of carbonyl (C=O) groups is 1. The summed E-state index contributed by atoms with van der Waals surface area (Å²) < 4.78 is 5.01. The molecule has 0 bridgehead atoms. The summed E-state index contributed by atoms with van der Waals surface area (Å²) in [6.45, 7) is 2.66. The van der Waals surface area contributed by atoms with Crippen LogP contribution in [-0.2, 0) is 0 Å². The minimum absolute atomic E-state index is 0.0372. The molecule has 0 aliphatic rings. The van der Waals surface area contributed by atoms with E-state index in [-0.39, 0.29) is 5.91 Å². The third kappa shape index (κ3) is 2.25. The molecule has 0 aromatic heterocycles. The van der Waals surface area contributed by atoms with Crippen LogP contribution in [-0.4, -0.2) is 31.5 Å². The highest BCUT2D eigenvalue weighted by atomic mass is 16.5. The number of amides is 1. The summed E-state index contributed by atoms with van der Waals surface area (Å²) in [4.78, 5) is 13.3. The zero-order valence-electron chi connectivity index (χ0n) is 8.78. The Hall–Kier alpha value is -1.51. The molecule has 1 aromatic carbocycles. The van der Waals surface area contributed by atoms with Crippen LogP contribution in [0.5, 0.6) is 5.75 Å². The van der Waals surface area contributed by atoms with Gasteiger partial charge in [0.1, 0.15) is 5.75 Å². The van der Waals surface area contributed by atoms with Crippen molar-refractivity contribution in [2.24, 2.45) is 0 Å². The quantitative estimate of drug-likeness (QED) is 0.732. The van der Waals surface area contributed by atoms with Gasteiger partial charge in [0, 0.05) is 19.2 Å². The summed E-state index contributed by atoms with van der Waals surface area (Å²) in [7, 11) is 3.39. The fraction of sp³-hybridized carbons (Fsp3) is 0.364. The number of nitrogens with zero attached hydrogens (tertiary/aromatic N) is 1. The average molecular weight is 193 g/mol. The Kier molecular flexibility index (Phi) is 3.51. The van der Waals surface area contributed by atoms with Crippen LogP contribution in [0.2, 0.25) is 0 Å². The molecule has 1 rings (SSSR count). The van der Waals surface area contributed by atoms with Gasteiger partial charge in [-0.25, -0.2) is 0 Å². The highest BCUT2D eigenvalue weighted by Crippen LogP contribution is 2.12. The first-order chi connectivity index (χ1) is 6.69. The predicted molar refractivity (Wildman–Crippen MR) is 55.6 cm³/mol. The summed E-state index contributed by atoms with van der Waals surface area (Å²) in [5, 5.41) is 0. The van der Waals surface area contributed by atoms with Crippen LogP contribution in [0.1, 0.15) is 17.3 Å². The molecule has 0 radical (unpaired) electrons. The van der Waals surface area contributed by atoms with Gasteiger partial charge >= 0.3 is 0 Å². The van der Waals surface area contributed by atoms with E-state index in [2.05, 4.69) is 0 Å². The topological polar surface area (TPSA) is 29.5 Å². The maximum atomic E-state index is 11.7. The molecule has 0 fully saturated rings. The third-order valence-corrected chi connectivity index (χ3v) is 2.16. The molecule has 0 heterocycles. The van der Waals surface area contributed by atoms with E-state index in [4.69, 9.17) is 4.74 Å². The summed E-state index contributed by atoms with van der Waals surface area (Å²) in [5.74, 6) is 0.802. The highest BCUT2D eigenvalue weighted by molar-refractivity contribution is 5.94. The van der Waals surface area contributed by atoms with Gasteiger partial charge in [0.2, 0.25) is 0 Å². The second-order valence-corrected chi connectivity index (χ2v) is 3.05. The number of hydrogen-bond donors (Lipinski definition) is 0. The maximum absolute atomic E-state index is 11.7. The SMILES string of the molecule is CCN(C)C(=O)c1ccc(OC)cc1. The Labute approximate surface area is 84.3 Å². The molecular weight excluding hydrogens is 178 g/mol. The second kappa shape index (κ2) is 4.65. The van der Waals surface area contributed by atoms with Gasteiger partial charge in [-0.15, -0.1) is 0 Å². The molecule has 76 valence electrons. The molecule has 14 heavy (non-hydrogen) atoms. The first-order valence-corrected chi connectivity index (χ1v) is 4.58. The lowest BCUT2D eigenvalue weighted by Gasteiger charge is -2.14. The van der Waals surface area contributed by atoms with Crippen molar-refractivity contribution < 1.29 is 9.53 Å². The fourth-order valence-corrected chi connectivity index (χ4v) is 1.10. The largest absolute Gasteiger partial charge is 0.497 e. The average Bonchev–Trinajstić information content (AvgIpc) is 2.27. The maximum Gasteiger partial charge on any atom is 0.253 e. The fourth-order valence-electron chi connectivity index (χ4n) is 1.10. The van der Waals surface area contributed by atoms with Gasteiger partial charge in [0.25, 0.3) is 5.91 Å². The minimum atomic E-state index is 0.0372. The molecule has 0 saturated heterocycles. The molecule has 0 aliphatic carbocycles. The van der Waals surface area contributed by atoms with E-state index in [0.717, 1.165) is 5.75 Å². The number of benzene rings is 1.